The van der Waals surface area contributed by atoms with Gasteiger partial charge in [0.05, 0.1) is 6.10 Å². The van der Waals surface area contributed by atoms with Crippen molar-refractivity contribution in [1.29, 1.82) is 0 Å². The quantitative estimate of drug-likeness (QED) is 0.494. The summed E-state index contributed by atoms with van der Waals surface area (Å²) in [6, 6.07) is 0. The summed E-state index contributed by atoms with van der Waals surface area (Å²) in [7, 11) is 0. The van der Waals surface area contributed by atoms with Gasteiger partial charge in [-0.3, -0.25) is 0 Å². The predicted octanol–water partition coefficient (Wildman–Crippen LogP) is 3.98. The van der Waals surface area contributed by atoms with Crippen molar-refractivity contribution < 1.29 is 4.74 Å². The highest BCUT2D eigenvalue weighted by Crippen LogP contribution is 2.11. The van der Waals surface area contributed by atoms with Gasteiger partial charge in [0.1, 0.15) is 0 Å². The minimum absolute atomic E-state index is 0.476. The van der Waals surface area contributed by atoms with E-state index in [0.717, 1.165) is 19.4 Å². The SMILES string of the molecule is [CH2]CCC(CCCC)OCCCC. The summed E-state index contributed by atoms with van der Waals surface area (Å²) in [6.45, 7) is 9.25. The molecule has 0 N–H and O–H groups in total. The summed E-state index contributed by atoms with van der Waals surface area (Å²) >= 11 is 0. The molecule has 79 valence electrons. The molecule has 0 spiro atoms. The first kappa shape index (κ1) is 13.0. The van der Waals surface area contributed by atoms with Crippen LogP contribution < -0.4 is 0 Å². The molecule has 0 aliphatic heterocycles. The number of ether oxygens (including phenoxy) is 1. The fourth-order valence-corrected chi connectivity index (χ4v) is 1.36. The van der Waals surface area contributed by atoms with Gasteiger partial charge >= 0.3 is 0 Å². The van der Waals surface area contributed by atoms with E-state index < -0.39 is 0 Å². The van der Waals surface area contributed by atoms with Crippen molar-refractivity contribution >= 4 is 0 Å². The van der Waals surface area contributed by atoms with E-state index in [1.54, 1.807) is 0 Å². The van der Waals surface area contributed by atoms with Gasteiger partial charge in [0.15, 0.2) is 0 Å². The Hall–Kier alpha value is -0.0400. The van der Waals surface area contributed by atoms with Gasteiger partial charge in [-0.25, -0.2) is 0 Å². The van der Waals surface area contributed by atoms with E-state index in [9.17, 15) is 0 Å². The predicted molar refractivity (Wildman–Crippen MR) is 58.8 cm³/mol. The molecular weight excluding hydrogens is 160 g/mol. The zero-order valence-corrected chi connectivity index (χ0v) is 9.35. The van der Waals surface area contributed by atoms with Crippen LogP contribution in [0.25, 0.3) is 0 Å². The summed E-state index contributed by atoms with van der Waals surface area (Å²) < 4.78 is 5.78. The van der Waals surface area contributed by atoms with E-state index >= 15 is 0 Å². The van der Waals surface area contributed by atoms with Crippen LogP contribution in [0.4, 0.5) is 0 Å². The number of unbranched alkanes of at least 4 members (excludes halogenated alkanes) is 2. The molecule has 1 heteroatoms. The van der Waals surface area contributed by atoms with Crippen LogP contribution in [0.2, 0.25) is 0 Å². The Morgan fingerprint density at radius 2 is 1.77 bits per heavy atom. The minimum atomic E-state index is 0.476. The highest BCUT2D eigenvalue weighted by atomic mass is 16.5. The second-order valence-electron chi connectivity index (χ2n) is 3.63. The zero-order chi connectivity index (χ0) is 9.94. The molecule has 1 atom stereocenters. The van der Waals surface area contributed by atoms with Crippen molar-refractivity contribution in [3.8, 4) is 0 Å². The minimum Gasteiger partial charge on any atom is -0.378 e. The van der Waals surface area contributed by atoms with Crippen LogP contribution in [-0.4, -0.2) is 12.7 Å². The maximum absolute atomic E-state index is 5.78. The van der Waals surface area contributed by atoms with Gasteiger partial charge in [0.2, 0.25) is 0 Å². The average molecular weight is 185 g/mol. The molecule has 1 unspecified atom stereocenters. The largest absolute Gasteiger partial charge is 0.378 e. The summed E-state index contributed by atoms with van der Waals surface area (Å²) in [5.74, 6) is 0. The summed E-state index contributed by atoms with van der Waals surface area (Å²) in [5.41, 5.74) is 0. The second kappa shape index (κ2) is 10.0. The van der Waals surface area contributed by atoms with E-state index in [1.807, 2.05) is 0 Å². The molecule has 0 amide bonds. The molecule has 0 saturated heterocycles. The van der Waals surface area contributed by atoms with Crippen molar-refractivity contribution in [2.24, 2.45) is 0 Å². The molecule has 1 radical (unpaired) electrons. The van der Waals surface area contributed by atoms with Crippen molar-refractivity contribution in [2.75, 3.05) is 6.61 Å². The van der Waals surface area contributed by atoms with E-state index in [-0.39, 0.29) is 0 Å². The van der Waals surface area contributed by atoms with Crippen molar-refractivity contribution in [3.63, 3.8) is 0 Å². The average Bonchev–Trinajstić information content (AvgIpc) is 2.14. The number of hydrogen-bond donors (Lipinski definition) is 0. The first-order valence-corrected chi connectivity index (χ1v) is 5.76. The van der Waals surface area contributed by atoms with E-state index in [4.69, 9.17) is 4.74 Å². The normalized spacial score (nSPS) is 13.2. The molecule has 13 heavy (non-hydrogen) atoms. The zero-order valence-electron chi connectivity index (χ0n) is 9.35. The van der Waals surface area contributed by atoms with E-state index in [2.05, 4.69) is 20.8 Å². The van der Waals surface area contributed by atoms with Crippen molar-refractivity contribution in [3.05, 3.63) is 6.92 Å². The Morgan fingerprint density at radius 1 is 1.08 bits per heavy atom. The summed E-state index contributed by atoms with van der Waals surface area (Å²) in [6.07, 6.45) is 8.80. The molecule has 1 nitrogen and oxygen atoms in total. The molecule has 0 aromatic heterocycles. The summed E-state index contributed by atoms with van der Waals surface area (Å²) in [4.78, 5) is 0. The van der Waals surface area contributed by atoms with Gasteiger partial charge in [0.25, 0.3) is 0 Å². The highest BCUT2D eigenvalue weighted by molar-refractivity contribution is 4.59. The van der Waals surface area contributed by atoms with Gasteiger partial charge < -0.3 is 4.74 Å². The standard InChI is InChI=1S/C12H25O/c1-4-7-10-12(9-6-3)13-11-8-5-2/h12H,3-11H2,1-2H3. The fourth-order valence-electron chi connectivity index (χ4n) is 1.36. The third-order valence-electron chi connectivity index (χ3n) is 2.26. The van der Waals surface area contributed by atoms with Crippen LogP contribution >= 0.6 is 0 Å². The van der Waals surface area contributed by atoms with Gasteiger partial charge in [-0.1, -0.05) is 46.5 Å². The van der Waals surface area contributed by atoms with Gasteiger partial charge in [-0.2, -0.15) is 0 Å². The van der Waals surface area contributed by atoms with Crippen LogP contribution in [0.15, 0.2) is 0 Å². The maximum Gasteiger partial charge on any atom is 0.0575 e. The Kier molecular flexibility index (Phi) is 10.0. The maximum atomic E-state index is 5.78. The molecule has 0 aromatic carbocycles. The summed E-state index contributed by atoms with van der Waals surface area (Å²) in [5, 5.41) is 0. The Morgan fingerprint density at radius 3 is 2.31 bits per heavy atom. The fraction of sp³-hybridized carbons (Fsp3) is 0.917. The second-order valence-corrected chi connectivity index (χ2v) is 3.63. The van der Waals surface area contributed by atoms with Gasteiger partial charge in [-0.05, 0) is 19.3 Å². The molecule has 0 aromatic rings. The lowest BCUT2D eigenvalue weighted by molar-refractivity contribution is 0.0390. The Bertz CT molecular complexity index is 91.1. The molecule has 0 heterocycles. The number of rotatable bonds is 9. The van der Waals surface area contributed by atoms with E-state index in [1.165, 1.54) is 32.1 Å². The first-order valence-electron chi connectivity index (χ1n) is 5.76. The van der Waals surface area contributed by atoms with Crippen LogP contribution in [0.1, 0.15) is 58.8 Å². The lowest BCUT2D eigenvalue weighted by atomic mass is 10.1. The molecule has 0 saturated carbocycles. The highest BCUT2D eigenvalue weighted by Gasteiger charge is 2.06. The van der Waals surface area contributed by atoms with Crippen molar-refractivity contribution in [1.82, 2.24) is 0 Å². The first-order chi connectivity index (χ1) is 6.35. The monoisotopic (exact) mass is 185 g/mol. The molecule has 0 aliphatic rings. The Balaban J connectivity index is 3.41. The molecular formula is C12H25O. The molecule has 0 rings (SSSR count). The topological polar surface area (TPSA) is 9.23 Å². The van der Waals surface area contributed by atoms with Gasteiger partial charge in [-0.15, -0.1) is 0 Å². The molecule has 0 aliphatic carbocycles. The van der Waals surface area contributed by atoms with Crippen LogP contribution in [0.3, 0.4) is 0 Å². The molecule has 0 bridgehead atoms. The molecule has 0 fully saturated rings. The van der Waals surface area contributed by atoms with Crippen LogP contribution in [0.5, 0.6) is 0 Å². The third kappa shape index (κ3) is 8.29. The van der Waals surface area contributed by atoms with Crippen LogP contribution in [0, 0.1) is 6.92 Å². The smallest absolute Gasteiger partial charge is 0.0575 e. The Labute approximate surface area is 83.9 Å². The van der Waals surface area contributed by atoms with E-state index in [0.29, 0.717) is 6.10 Å². The lowest BCUT2D eigenvalue weighted by Crippen LogP contribution is -2.13. The van der Waals surface area contributed by atoms with Crippen LogP contribution in [-0.2, 0) is 4.74 Å². The number of hydrogen-bond acceptors (Lipinski definition) is 1. The lowest BCUT2D eigenvalue weighted by Gasteiger charge is -2.16. The van der Waals surface area contributed by atoms with Crippen molar-refractivity contribution in [2.45, 2.75) is 64.9 Å². The van der Waals surface area contributed by atoms with Gasteiger partial charge in [0, 0.05) is 6.61 Å². The third-order valence-corrected chi connectivity index (χ3v) is 2.26.